The van der Waals surface area contributed by atoms with Crippen LogP contribution in [-0.2, 0) is 4.79 Å². The van der Waals surface area contributed by atoms with Crippen molar-refractivity contribution in [1.29, 1.82) is 0 Å². The zero-order valence-corrected chi connectivity index (χ0v) is 11.8. The molecule has 1 aliphatic heterocycles. The van der Waals surface area contributed by atoms with Gasteiger partial charge in [0.25, 0.3) is 0 Å². The molecule has 2 atom stereocenters. The van der Waals surface area contributed by atoms with Gasteiger partial charge < -0.3 is 10.0 Å². The van der Waals surface area contributed by atoms with Crippen LogP contribution in [0.1, 0.15) is 38.7 Å². The van der Waals surface area contributed by atoms with Crippen molar-refractivity contribution in [2.45, 2.75) is 45.2 Å². The maximum atomic E-state index is 14.0. The van der Waals surface area contributed by atoms with Gasteiger partial charge in [-0.2, -0.15) is 0 Å². The number of aliphatic carboxylic acids is 1. The van der Waals surface area contributed by atoms with Gasteiger partial charge in [-0.3, -0.25) is 0 Å². The number of hydrogen-bond donors (Lipinski definition) is 1. The second-order valence-corrected chi connectivity index (χ2v) is 5.24. The van der Waals surface area contributed by atoms with E-state index in [-0.39, 0.29) is 5.82 Å². The molecule has 0 amide bonds. The summed E-state index contributed by atoms with van der Waals surface area (Å²) in [4.78, 5) is 12.9. The number of benzene rings is 1. The molecule has 0 aliphatic carbocycles. The van der Waals surface area contributed by atoms with E-state index in [4.69, 9.17) is 5.11 Å². The van der Waals surface area contributed by atoms with E-state index in [2.05, 4.69) is 18.7 Å². The Morgan fingerprint density at radius 2 is 2.25 bits per heavy atom. The largest absolute Gasteiger partial charge is 0.478 e. The first kappa shape index (κ1) is 14.6. The Hall–Kier alpha value is -1.84. The summed E-state index contributed by atoms with van der Waals surface area (Å²) in [6.45, 7) is 4.26. The van der Waals surface area contributed by atoms with Crippen LogP contribution in [0.25, 0.3) is 6.08 Å². The normalized spacial score (nSPS) is 22.6. The Morgan fingerprint density at radius 3 is 2.90 bits per heavy atom. The fourth-order valence-electron chi connectivity index (χ4n) is 2.98. The Morgan fingerprint density at radius 1 is 1.50 bits per heavy atom. The molecule has 3 nitrogen and oxygen atoms in total. The number of carboxylic acids is 1. The number of halogens is 1. The van der Waals surface area contributed by atoms with E-state index in [0.717, 1.165) is 31.0 Å². The molecule has 0 radical (unpaired) electrons. The number of carbonyl (C=O) groups is 1. The third-order valence-corrected chi connectivity index (χ3v) is 3.96. The van der Waals surface area contributed by atoms with Gasteiger partial charge in [0.15, 0.2) is 0 Å². The number of hydrogen-bond acceptors (Lipinski definition) is 2. The SMILES string of the molecule is CCC1CCC(C)N1c1cccc(F)c1/C=C/C(=O)O. The third-order valence-electron chi connectivity index (χ3n) is 3.96. The van der Waals surface area contributed by atoms with E-state index in [1.165, 1.54) is 12.1 Å². The topological polar surface area (TPSA) is 40.5 Å². The van der Waals surface area contributed by atoms with E-state index in [0.29, 0.717) is 17.6 Å². The van der Waals surface area contributed by atoms with Crippen LogP contribution >= 0.6 is 0 Å². The maximum Gasteiger partial charge on any atom is 0.328 e. The molecule has 108 valence electrons. The van der Waals surface area contributed by atoms with E-state index in [1.807, 2.05) is 6.07 Å². The van der Waals surface area contributed by atoms with Crippen molar-refractivity contribution in [2.24, 2.45) is 0 Å². The van der Waals surface area contributed by atoms with Gasteiger partial charge in [0, 0.05) is 29.4 Å². The standard InChI is InChI=1S/C16H20FNO2/c1-3-12-8-7-11(2)18(12)15-6-4-5-14(17)13(15)9-10-16(19)20/h4-6,9-12H,3,7-8H2,1-2H3,(H,19,20)/b10-9+. The van der Waals surface area contributed by atoms with E-state index in [1.54, 1.807) is 6.07 Å². The molecule has 2 unspecified atom stereocenters. The predicted molar refractivity (Wildman–Crippen MR) is 78.3 cm³/mol. The monoisotopic (exact) mass is 277 g/mol. The van der Waals surface area contributed by atoms with Gasteiger partial charge in [-0.15, -0.1) is 0 Å². The summed E-state index contributed by atoms with van der Waals surface area (Å²) in [5.41, 5.74) is 1.15. The Kier molecular flexibility index (Phi) is 4.42. The molecule has 1 aliphatic rings. The van der Waals surface area contributed by atoms with Gasteiger partial charge >= 0.3 is 5.97 Å². The molecule has 4 heteroatoms. The average molecular weight is 277 g/mol. The van der Waals surface area contributed by atoms with Crippen molar-refractivity contribution in [2.75, 3.05) is 4.90 Å². The van der Waals surface area contributed by atoms with Crippen LogP contribution in [-0.4, -0.2) is 23.2 Å². The lowest BCUT2D eigenvalue weighted by Crippen LogP contribution is -2.34. The molecule has 0 bridgehead atoms. The van der Waals surface area contributed by atoms with Gasteiger partial charge in [0.1, 0.15) is 5.82 Å². The maximum absolute atomic E-state index is 14.0. The average Bonchev–Trinajstić information content (AvgIpc) is 2.78. The fourth-order valence-corrected chi connectivity index (χ4v) is 2.98. The number of nitrogens with zero attached hydrogens (tertiary/aromatic N) is 1. The first-order chi connectivity index (χ1) is 9.54. The highest BCUT2D eigenvalue weighted by molar-refractivity contribution is 5.87. The van der Waals surface area contributed by atoms with Crippen molar-refractivity contribution in [3.63, 3.8) is 0 Å². The fraction of sp³-hybridized carbons (Fsp3) is 0.438. The quantitative estimate of drug-likeness (QED) is 0.853. The van der Waals surface area contributed by atoms with Crippen LogP contribution in [0.5, 0.6) is 0 Å². The lowest BCUT2D eigenvalue weighted by Gasteiger charge is -2.31. The first-order valence-electron chi connectivity index (χ1n) is 7.02. The smallest absolute Gasteiger partial charge is 0.328 e. The second kappa shape index (κ2) is 6.07. The van der Waals surface area contributed by atoms with E-state index < -0.39 is 5.97 Å². The molecule has 0 saturated carbocycles. The lowest BCUT2D eigenvalue weighted by molar-refractivity contribution is -0.131. The molecule has 1 aromatic carbocycles. The Balaban J connectivity index is 2.45. The van der Waals surface area contributed by atoms with Crippen LogP contribution in [0.3, 0.4) is 0 Å². The lowest BCUT2D eigenvalue weighted by atomic mass is 10.1. The summed E-state index contributed by atoms with van der Waals surface area (Å²) < 4.78 is 14.0. The predicted octanol–water partition coefficient (Wildman–Crippen LogP) is 3.69. The van der Waals surface area contributed by atoms with Gasteiger partial charge in [0.05, 0.1) is 0 Å². The number of anilines is 1. The summed E-state index contributed by atoms with van der Waals surface area (Å²) >= 11 is 0. The number of rotatable bonds is 4. The molecule has 20 heavy (non-hydrogen) atoms. The molecule has 0 spiro atoms. The third kappa shape index (κ3) is 2.84. The van der Waals surface area contributed by atoms with Gasteiger partial charge in [-0.05, 0) is 44.4 Å². The molecule has 1 N–H and O–H groups in total. The highest BCUT2D eigenvalue weighted by Gasteiger charge is 2.30. The summed E-state index contributed by atoms with van der Waals surface area (Å²) in [6.07, 6.45) is 5.52. The molecular weight excluding hydrogens is 257 g/mol. The van der Waals surface area contributed by atoms with Crippen molar-refractivity contribution in [1.82, 2.24) is 0 Å². The van der Waals surface area contributed by atoms with Crippen LogP contribution in [0.4, 0.5) is 10.1 Å². The van der Waals surface area contributed by atoms with Crippen LogP contribution in [0.2, 0.25) is 0 Å². The van der Waals surface area contributed by atoms with Gasteiger partial charge in [-0.25, -0.2) is 9.18 Å². The first-order valence-corrected chi connectivity index (χ1v) is 7.02. The van der Waals surface area contributed by atoms with Crippen molar-refractivity contribution in [3.05, 3.63) is 35.7 Å². The highest BCUT2D eigenvalue weighted by atomic mass is 19.1. The number of carboxylic acid groups (broad SMARTS) is 1. The molecule has 1 saturated heterocycles. The zero-order chi connectivity index (χ0) is 14.7. The Labute approximate surface area is 118 Å². The molecular formula is C16H20FNO2. The van der Waals surface area contributed by atoms with E-state index >= 15 is 0 Å². The summed E-state index contributed by atoms with van der Waals surface area (Å²) in [5, 5.41) is 8.75. The molecule has 2 rings (SSSR count). The molecule has 1 aromatic rings. The molecule has 1 heterocycles. The minimum absolute atomic E-state index is 0.346. The van der Waals surface area contributed by atoms with Crippen molar-refractivity contribution in [3.8, 4) is 0 Å². The van der Waals surface area contributed by atoms with E-state index in [9.17, 15) is 9.18 Å². The Bertz CT molecular complexity index is 527. The molecule has 1 fully saturated rings. The summed E-state index contributed by atoms with van der Waals surface area (Å²) in [6, 6.07) is 5.66. The van der Waals surface area contributed by atoms with Crippen molar-refractivity contribution >= 4 is 17.7 Å². The van der Waals surface area contributed by atoms with Gasteiger partial charge in [0.2, 0.25) is 0 Å². The zero-order valence-electron chi connectivity index (χ0n) is 11.8. The van der Waals surface area contributed by atoms with Gasteiger partial charge in [-0.1, -0.05) is 13.0 Å². The summed E-state index contributed by atoms with van der Waals surface area (Å²) in [7, 11) is 0. The minimum Gasteiger partial charge on any atom is -0.478 e. The van der Waals surface area contributed by atoms with Crippen molar-refractivity contribution < 1.29 is 14.3 Å². The van der Waals surface area contributed by atoms with Crippen LogP contribution < -0.4 is 4.90 Å². The second-order valence-electron chi connectivity index (χ2n) is 5.24. The highest BCUT2D eigenvalue weighted by Crippen LogP contribution is 2.35. The van der Waals surface area contributed by atoms with Crippen LogP contribution in [0.15, 0.2) is 24.3 Å². The minimum atomic E-state index is -1.07. The molecule has 0 aromatic heterocycles. The summed E-state index contributed by atoms with van der Waals surface area (Å²) in [5.74, 6) is -1.45. The van der Waals surface area contributed by atoms with Crippen LogP contribution in [0, 0.1) is 5.82 Å².